The molecule has 1 aliphatic heterocycles. The quantitative estimate of drug-likeness (QED) is 0.910. The summed E-state index contributed by atoms with van der Waals surface area (Å²) in [5.74, 6) is -0.643. The van der Waals surface area contributed by atoms with Crippen molar-refractivity contribution in [2.24, 2.45) is 5.92 Å². The molecule has 1 aromatic rings. The molecule has 1 atom stereocenters. The van der Waals surface area contributed by atoms with Crippen LogP contribution in [0.15, 0.2) is 18.2 Å². The highest BCUT2D eigenvalue weighted by atomic mass is 19.2. The van der Waals surface area contributed by atoms with Gasteiger partial charge in [0.15, 0.2) is 11.6 Å². The number of hydrogen-bond acceptors (Lipinski definition) is 2. The largest absolute Gasteiger partial charge is 0.368 e. The van der Waals surface area contributed by atoms with E-state index in [0.29, 0.717) is 11.7 Å². The van der Waals surface area contributed by atoms with E-state index in [1.807, 2.05) is 4.90 Å². The zero-order chi connectivity index (χ0) is 13.9. The molecule has 1 heterocycles. The highest BCUT2D eigenvalue weighted by Crippen LogP contribution is 2.27. The molecule has 2 fully saturated rings. The fourth-order valence-electron chi connectivity index (χ4n) is 3.13. The van der Waals surface area contributed by atoms with Crippen molar-refractivity contribution in [3.63, 3.8) is 0 Å². The van der Waals surface area contributed by atoms with Crippen LogP contribution in [0.4, 0.5) is 14.5 Å². The van der Waals surface area contributed by atoms with Gasteiger partial charge in [-0.05, 0) is 50.3 Å². The first-order chi connectivity index (χ1) is 9.74. The molecule has 20 heavy (non-hydrogen) atoms. The van der Waals surface area contributed by atoms with Crippen molar-refractivity contribution < 1.29 is 8.78 Å². The number of piperidine rings is 1. The van der Waals surface area contributed by atoms with Gasteiger partial charge in [-0.25, -0.2) is 8.78 Å². The molecule has 0 amide bonds. The summed E-state index contributed by atoms with van der Waals surface area (Å²) >= 11 is 0. The number of benzene rings is 1. The fourth-order valence-corrected chi connectivity index (χ4v) is 3.13. The van der Waals surface area contributed by atoms with Gasteiger partial charge in [0, 0.05) is 19.1 Å². The molecule has 1 unspecified atom stereocenters. The molecule has 4 heteroatoms. The van der Waals surface area contributed by atoms with Crippen molar-refractivity contribution in [2.75, 3.05) is 24.5 Å². The minimum Gasteiger partial charge on any atom is -0.368 e. The maximum Gasteiger partial charge on any atom is 0.182 e. The molecule has 1 N–H and O–H groups in total. The van der Waals surface area contributed by atoms with E-state index >= 15 is 0 Å². The maximum atomic E-state index is 13.9. The summed E-state index contributed by atoms with van der Waals surface area (Å²) in [6.07, 6.45) is 6.18. The third kappa shape index (κ3) is 2.95. The van der Waals surface area contributed by atoms with Crippen LogP contribution in [0.25, 0.3) is 0 Å². The third-order valence-electron chi connectivity index (χ3n) is 4.61. The van der Waals surface area contributed by atoms with Crippen LogP contribution in [0.1, 0.15) is 32.1 Å². The Balaban J connectivity index is 1.60. The van der Waals surface area contributed by atoms with Crippen LogP contribution in [0, 0.1) is 17.6 Å². The van der Waals surface area contributed by atoms with Gasteiger partial charge in [0.25, 0.3) is 0 Å². The lowest BCUT2D eigenvalue weighted by Crippen LogP contribution is -2.47. The predicted octanol–water partition coefficient (Wildman–Crippen LogP) is 3.32. The molecule has 0 spiro atoms. The minimum atomic E-state index is -0.757. The summed E-state index contributed by atoms with van der Waals surface area (Å²) < 4.78 is 27.2. The van der Waals surface area contributed by atoms with Crippen molar-refractivity contribution in [3.05, 3.63) is 29.8 Å². The number of rotatable bonds is 4. The summed E-state index contributed by atoms with van der Waals surface area (Å²) in [7, 11) is 0. The van der Waals surface area contributed by atoms with E-state index in [4.69, 9.17) is 0 Å². The van der Waals surface area contributed by atoms with Crippen LogP contribution < -0.4 is 10.2 Å². The molecular weight excluding hydrogens is 258 g/mol. The second kappa shape index (κ2) is 6.08. The number of nitrogens with one attached hydrogen (secondary N) is 1. The Morgan fingerprint density at radius 3 is 2.75 bits per heavy atom. The molecule has 0 radical (unpaired) electrons. The van der Waals surface area contributed by atoms with Crippen LogP contribution in [0.3, 0.4) is 0 Å². The number of nitrogens with zero attached hydrogens (tertiary/aromatic N) is 1. The van der Waals surface area contributed by atoms with E-state index in [2.05, 4.69) is 5.32 Å². The molecule has 0 aromatic heterocycles. The summed E-state index contributed by atoms with van der Waals surface area (Å²) in [5.41, 5.74) is 0.403. The monoisotopic (exact) mass is 280 g/mol. The molecule has 110 valence electrons. The first kappa shape index (κ1) is 13.8. The molecule has 0 bridgehead atoms. The molecule has 2 nitrogen and oxygen atoms in total. The Morgan fingerprint density at radius 2 is 2.00 bits per heavy atom. The number of anilines is 1. The zero-order valence-corrected chi connectivity index (χ0v) is 11.7. The number of hydrogen-bond donors (Lipinski definition) is 1. The van der Waals surface area contributed by atoms with Crippen LogP contribution in [-0.4, -0.2) is 25.7 Å². The topological polar surface area (TPSA) is 15.3 Å². The van der Waals surface area contributed by atoms with Crippen LogP contribution in [0.2, 0.25) is 0 Å². The van der Waals surface area contributed by atoms with Gasteiger partial charge in [0.1, 0.15) is 0 Å². The second-order valence-electron chi connectivity index (χ2n) is 6.06. The Morgan fingerprint density at radius 1 is 1.15 bits per heavy atom. The Labute approximate surface area is 119 Å². The van der Waals surface area contributed by atoms with Crippen molar-refractivity contribution >= 4 is 5.69 Å². The van der Waals surface area contributed by atoms with Gasteiger partial charge in [-0.2, -0.15) is 0 Å². The summed E-state index contributed by atoms with van der Waals surface area (Å²) in [4.78, 5) is 1.97. The molecule has 1 aromatic carbocycles. The van der Waals surface area contributed by atoms with Gasteiger partial charge < -0.3 is 10.2 Å². The lowest BCUT2D eigenvalue weighted by atomic mass is 9.85. The van der Waals surface area contributed by atoms with Crippen molar-refractivity contribution in [1.82, 2.24) is 5.32 Å². The van der Waals surface area contributed by atoms with E-state index in [-0.39, 0.29) is 0 Å². The van der Waals surface area contributed by atoms with Gasteiger partial charge >= 0.3 is 0 Å². The number of halogens is 2. The van der Waals surface area contributed by atoms with E-state index in [9.17, 15) is 8.78 Å². The Kier molecular flexibility index (Phi) is 4.20. The molecule has 1 saturated heterocycles. The zero-order valence-electron chi connectivity index (χ0n) is 11.7. The summed E-state index contributed by atoms with van der Waals surface area (Å²) in [6.45, 7) is 2.65. The third-order valence-corrected chi connectivity index (χ3v) is 4.61. The van der Waals surface area contributed by atoms with Crippen LogP contribution >= 0.6 is 0 Å². The minimum absolute atomic E-state index is 0.395. The van der Waals surface area contributed by atoms with E-state index in [1.165, 1.54) is 25.3 Å². The molecular formula is C16H22F2N2. The van der Waals surface area contributed by atoms with Gasteiger partial charge in [0.05, 0.1) is 5.69 Å². The highest BCUT2D eigenvalue weighted by molar-refractivity contribution is 5.48. The lowest BCUT2D eigenvalue weighted by molar-refractivity contribution is 0.280. The molecule has 1 saturated carbocycles. The molecule has 1 aliphatic carbocycles. The Hall–Kier alpha value is -1.16. The van der Waals surface area contributed by atoms with Crippen molar-refractivity contribution in [3.8, 4) is 0 Å². The standard InChI is InChI=1S/C16H22F2N2/c17-14-7-2-8-15(16(14)18)20-9-3-6-13(11-20)19-10-12-4-1-5-12/h2,7-8,12-13,19H,1,3-6,9-11H2. The second-order valence-corrected chi connectivity index (χ2v) is 6.06. The maximum absolute atomic E-state index is 13.9. The molecule has 2 aliphatic rings. The Bertz CT molecular complexity index is 460. The average molecular weight is 280 g/mol. The smallest absolute Gasteiger partial charge is 0.182 e. The first-order valence-electron chi connectivity index (χ1n) is 7.66. The highest BCUT2D eigenvalue weighted by Gasteiger charge is 2.24. The molecule has 3 rings (SSSR count). The van der Waals surface area contributed by atoms with Gasteiger partial charge in [-0.3, -0.25) is 0 Å². The van der Waals surface area contributed by atoms with Gasteiger partial charge in [-0.15, -0.1) is 0 Å². The predicted molar refractivity (Wildman–Crippen MR) is 76.9 cm³/mol. The van der Waals surface area contributed by atoms with E-state index in [1.54, 1.807) is 12.1 Å². The normalized spacial score (nSPS) is 23.7. The van der Waals surface area contributed by atoms with Gasteiger partial charge in [-0.1, -0.05) is 12.5 Å². The van der Waals surface area contributed by atoms with E-state index < -0.39 is 11.6 Å². The lowest BCUT2D eigenvalue weighted by Gasteiger charge is -2.36. The van der Waals surface area contributed by atoms with Crippen molar-refractivity contribution in [2.45, 2.75) is 38.1 Å². The fraction of sp³-hybridized carbons (Fsp3) is 0.625. The van der Waals surface area contributed by atoms with E-state index in [0.717, 1.165) is 38.4 Å². The van der Waals surface area contributed by atoms with Crippen molar-refractivity contribution in [1.29, 1.82) is 0 Å². The summed E-state index contributed by atoms with van der Waals surface area (Å²) in [5, 5.41) is 3.60. The first-order valence-corrected chi connectivity index (χ1v) is 7.66. The van der Waals surface area contributed by atoms with Crippen LogP contribution in [0.5, 0.6) is 0 Å². The van der Waals surface area contributed by atoms with Crippen LogP contribution in [-0.2, 0) is 0 Å². The SMILES string of the molecule is Fc1cccc(N2CCCC(NCC3CCC3)C2)c1F. The summed E-state index contributed by atoms with van der Waals surface area (Å²) in [6, 6.07) is 4.83. The average Bonchev–Trinajstić information content (AvgIpc) is 2.40. The van der Waals surface area contributed by atoms with Gasteiger partial charge in [0.2, 0.25) is 0 Å².